The van der Waals surface area contributed by atoms with Gasteiger partial charge < -0.3 is 20.5 Å². The first-order valence-corrected chi connectivity index (χ1v) is 17.1. The van der Waals surface area contributed by atoms with E-state index in [9.17, 15) is 32.3 Å². The number of halogens is 4. The number of hydrogen-bond donors (Lipinski definition) is 2. The van der Waals surface area contributed by atoms with Gasteiger partial charge in [0.1, 0.15) is 11.3 Å². The summed E-state index contributed by atoms with van der Waals surface area (Å²) in [7, 11) is 1.21. The van der Waals surface area contributed by atoms with Gasteiger partial charge in [-0.05, 0) is 92.6 Å². The summed E-state index contributed by atoms with van der Waals surface area (Å²) in [6.45, 7) is 7.32. The van der Waals surface area contributed by atoms with Crippen LogP contribution in [0.4, 0.5) is 13.2 Å². The lowest BCUT2D eigenvalue weighted by atomic mass is 9.97. The van der Waals surface area contributed by atoms with Crippen LogP contribution in [0.3, 0.4) is 0 Å². The average molecular weight is 764 g/mol. The van der Waals surface area contributed by atoms with Crippen LogP contribution in [0.1, 0.15) is 103 Å². The summed E-state index contributed by atoms with van der Waals surface area (Å²) in [5.41, 5.74) is 8.56. The first-order chi connectivity index (χ1) is 25.5. The third-order valence-electron chi connectivity index (χ3n) is 8.60. The van der Waals surface area contributed by atoms with Gasteiger partial charge in [0, 0.05) is 24.1 Å². The number of fused-ring (bicyclic) bond motifs is 2. The molecule has 0 saturated carbocycles. The Balaban J connectivity index is 0.000000438. The van der Waals surface area contributed by atoms with E-state index in [1.807, 2.05) is 33.8 Å². The van der Waals surface area contributed by atoms with Crippen molar-refractivity contribution in [2.24, 2.45) is 5.73 Å². The van der Waals surface area contributed by atoms with Crippen LogP contribution in [0.15, 0.2) is 60.8 Å². The zero-order chi connectivity index (χ0) is 39.5. The van der Waals surface area contributed by atoms with E-state index < -0.39 is 40.9 Å². The summed E-state index contributed by atoms with van der Waals surface area (Å²) in [6, 6.07) is 13.2. The van der Waals surface area contributed by atoms with Gasteiger partial charge in [-0.1, -0.05) is 35.9 Å². The molecule has 1 atom stereocenters. The summed E-state index contributed by atoms with van der Waals surface area (Å²) in [6.07, 6.45) is 2.57. The smallest absolute Gasteiger partial charge is 0.356 e. The molecule has 0 fully saturated rings. The van der Waals surface area contributed by atoms with Gasteiger partial charge in [0.25, 0.3) is 5.91 Å². The lowest BCUT2D eigenvalue weighted by molar-refractivity contribution is 0.00681. The Labute approximate surface area is 313 Å². The molecule has 0 unspecified atom stereocenters. The van der Waals surface area contributed by atoms with Crippen LogP contribution in [0.25, 0.3) is 5.65 Å². The van der Waals surface area contributed by atoms with Crippen molar-refractivity contribution >= 4 is 40.9 Å². The van der Waals surface area contributed by atoms with Crippen LogP contribution in [0, 0.1) is 24.4 Å². The molecule has 0 spiro atoms. The Morgan fingerprint density at radius 3 is 2.31 bits per heavy atom. The number of Topliss-reactive ketones (excluding diaryl/α,β-unsaturated/α-hetero) is 1. The fraction of sp³-hybridized carbons (Fsp3) is 0.282. The normalized spacial score (nSPS) is 13.5. The molecule has 54 heavy (non-hydrogen) atoms. The first-order valence-electron chi connectivity index (χ1n) is 16.8. The van der Waals surface area contributed by atoms with E-state index in [1.54, 1.807) is 30.3 Å². The van der Waals surface area contributed by atoms with E-state index in [-0.39, 0.29) is 53.0 Å². The first kappa shape index (κ1) is 39.6. The van der Waals surface area contributed by atoms with Gasteiger partial charge in [-0.15, -0.1) is 0 Å². The fourth-order valence-corrected chi connectivity index (χ4v) is 6.19. The molecule has 3 aromatic carbocycles. The molecule has 0 bridgehead atoms. The Bertz CT molecular complexity index is 2260. The Kier molecular flexibility index (Phi) is 11.9. The molecule has 0 radical (unpaired) electrons. The summed E-state index contributed by atoms with van der Waals surface area (Å²) in [5.74, 6) is -5.87. The van der Waals surface area contributed by atoms with Crippen LogP contribution < -0.4 is 11.1 Å². The van der Waals surface area contributed by atoms with Gasteiger partial charge in [-0.2, -0.15) is 5.10 Å². The van der Waals surface area contributed by atoms with E-state index in [2.05, 4.69) is 15.4 Å². The van der Waals surface area contributed by atoms with Crippen LogP contribution in [0.5, 0.6) is 0 Å². The Hall–Kier alpha value is -5.60. The van der Waals surface area contributed by atoms with Crippen LogP contribution in [0.2, 0.25) is 5.02 Å². The van der Waals surface area contributed by atoms with E-state index in [0.29, 0.717) is 29.0 Å². The highest BCUT2D eigenvalue weighted by Crippen LogP contribution is 2.35. The minimum Gasteiger partial charge on any atom is -0.464 e. The Morgan fingerprint density at radius 1 is 1.00 bits per heavy atom. The molecule has 15 heteroatoms. The number of ether oxygens (including phenoxy) is 2. The molecular weight excluding hydrogens is 727 g/mol. The molecule has 11 nitrogen and oxygen atoms in total. The molecule has 2 aromatic heterocycles. The third kappa shape index (κ3) is 8.61. The number of nitrogens with zero attached hydrogens (tertiary/aromatic N) is 3. The van der Waals surface area contributed by atoms with Crippen molar-refractivity contribution in [3.05, 3.63) is 134 Å². The molecule has 1 aliphatic rings. The van der Waals surface area contributed by atoms with Gasteiger partial charge in [0.2, 0.25) is 0 Å². The summed E-state index contributed by atoms with van der Waals surface area (Å²) < 4.78 is 48.6. The standard InChI is InChI=1S/C32H31ClN4O6.C7H6F3N/c1-17-19-12-13-24(21(19)11-10-20(17)30(40)43-32(2,3)4)36-29(39)26-15-25(31(41)42-5)35-28-22(16-34-37(26)28)27(38)14-18-8-6-7-9-23(18)33;8-5-1-4(3-11)2-6(9)7(5)10/h6-11,15-16,24H,12-14H2,1-5H3,(H,36,39);1-2H,3,11H2/t24-;/m0./s1. The number of esters is 2. The van der Waals surface area contributed by atoms with Crippen molar-refractivity contribution in [1.29, 1.82) is 0 Å². The molecule has 1 aliphatic carbocycles. The molecule has 282 valence electrons. The zero-order valence-corrected chi connectivity index (χ0v) is 30.8. The maximum absolute atomic E-state index is 13.7. The SMILES string of the molecule is COC(=O)c1cc(C(=O)N[C@H]2CCc3c2ccc(C(=O)OC(C)(C)C)c3C)n2ncc(C(=O)Cc3ccccc3Cl)c2n1.NCc1cc(F)c(F)c(F)c1. The molecule has 6 rings (SSSR count). The minimum atomic E-state index is -1.46. The number of rotatable bonds is 8. The highest BCUT2D eigenvalue weighted by atomic mass is 35.5. The second-order valence-electron chi connectivity index (χ2n) is 13.5. The van der Waals surface area contributed by atoms with Crippen molar-refractivity contribution in [2.75, 3.05) is 7.11 Å². The van der Waals surface area contributed by atoms with Crippen molar-refractivity contribution in [2.45, 2.75) is 65.1 Å². The second kappa shape index (κ2) is 16.2. The topological polar surface area (TPSA) is 155 Å². The highest BCUT2D eigenvalue weighted by Gasteiger charge is 2.31. The number of methoxy groups -OCH3 is 1. The van der Waals surface area contributed by atoms with Crippen LogP contribution >= 0.6 is 11.6 Å². The summed E-state index contributed by atoms with van der Waals surface area (Å²) in [5, 5.41) is 7.75. The second-order valence-corrected chi connectivity index (χ2v) is 13.9. The number of carbonyl (C=O) groups excluding carboxylic acids is 4. The number of benzene rings is 3. The number of hydrogen-bond acceptors (Lipinski definition) is 9. The quantitative estimate of drug-likeness (QED) is 0.0982. The van der Waals surface area contributed by atoms with Gasteiger partial charge in [0.05, 0.1) is 30.5 Å². The molecule has 3 N–H and O–H groups in total. The molecule has 1 amide bonds. The van der Waals surface area contributed by atoms with Crippen molar-refractivity contribution < 1.29 is 41.8 Å². The molecule has 0 aliphatic heterocycles. The van der Waals surface area contributed by atoms with Crippen LogP contribution in [-0.2, 0) is 28.9 Å². The monoisotopic (exact) mass is 763 g/mol. The van der Waals surface area contributed by atoms with Crippen molar-refractivity contribution in [1.82, 2.24) is 19.9 Å². The zero-order valence-electron chi connectivity index (χ0n) is 30.1. The summed E-state index contributed by atoms with van der Waals surface area (Å²) in [4.78, 5) is 56.5. The molecule has 0 saturated heterocycles. The minimum absolute atomic E-state index is 0.00583. The summed E-state index contributed by atoms with van der Waals surface area (Å²) >= 11 is 6.25. The predicted molar refractivity (Wildman–Crippen MR) is 193 cm³/mol. The predicted octanol–water partition coefficient (Wildman–Crippen LogP) is 6.84. The third-order valence-corrected chi connectivity index (χ3v) is 8.97. The van der Waals surface area contributed by atoms with E-state index in [1.165, 1.54) is 23.9 Å². The van der Waals surface area contributed by atoms with E-state index in [4.69, 9.17) is 26.8 Å². The Morgan fingerprint density at radius 2 is 1.69 bits per heavy atom. The lowest BCUT2D eigenvalue weighted by Crippen LogP contribution is -2.30. The fourth-order valence-electron chi connectivity index (χ4n) is 5.98. The lowest BCUT2D eigenvalue weighted by Gasteiger charge is -2.21. The molecule has 5 aromatic rings. The molecular formula is C39H37ClF3N5O6. The van der Waals surface area contributed by atoms with Crippen molar-refractivity contribution in [3.8, 4) is 0 Å². The van der Waals surface area contributed by atoms with Gasteiger partial charge in [-0.25, -0.2) is 32.3 Å². The van der Waals surface area contributed by atoms with E-state index >= 15 is 0 Å². The molecule has 2 heterocycles. The number of ketones is 1. The van der Waals surface area contributed by atoms with Crippen molar-refractivity contribution in [3.63, 3.8) is 0 Å². The highest BCUT2D eigenvalue weighted by molar-refractivity contribution is 6.31. The number of amides is 1. The number of aromatic nitrogens is 3. The average Bonchev–Trinajstić information content (AvgIpc) is 3.75. The van der Waals surface area contributed by atoms with Crippen LogP contribution in [-0.4, -0.2) is 50.9 Å². The number of nitrogens with one attached hydrogen (secondary N) is 1. The maximum atomic E-state index is 13.7. The number of nitrogens with two attached hydrogens (primary N) is 1. The van der Waals surface area contributed by atoms with E-state index in [0.717, 1.165) is 28.8 Å². The number of carbonyl (C=O) groups is 4. The van der Waals surface area contributed by atoms with Gasteiger partial charge in [-0.3, -0.25) is 9.59 Å². The van der Waals surface area contributed by atoms with Gasteiger partial charge >= 0.3 is 11.9 Å². The maximum Gasteiger partial charge on any atom is 0.356 e. The van der Waals surface area contributed by atoms with Gasteiger partial charge in [0.15, 0.2) is 34.6 Å². The largest absolute Gasteiger partial charge is 0.464 e.